The highest BCUT2D eigenvalue weighted by Crippen LogP contribution is 2.35. The third-order valence-electron chi connectivity index (χ3n) is 3.76. The average molecular weight is 333 g/mol. The molecule has 0 aliphatic carbocycles. The lowest BCUT2D eigenvalue weighted by molar-refractivity contribution is -0.114. The highest BCUT2D eigenvalue weighted by atomic mass is 19.1. The van der Waals surface area contributed by atoms with Crippen LogP contribution >= 0.6 is 0 Å². The Kier molecular flexibility index (Phi) is 5.23. The van der Waals surface area contributed by atoms with E-state index in [-0.39, 0.29) is 18.0 Å². The quantitative estimate of drug-likeness (QED) is 0.763. The summed E-state index contributed by atoms with van der Waals surface area (Å²) >= 11 is 0. The van der Waals surface area contributed by atoms with Crippen LogP contribution in [0.4, 0.5) is 10.1 Å². The number of nitrogens with zero attached hydrogens (tertiary/aromatic N) is 3. The van der Waals surface area contributed by atoms with Crippen LogP contribution in [0.3, 0.4) is 0 Å². The molecule has 24 heavy (non-hydrogen) atoms. The summed E-state index contributed by atoms with van der Waals surface area (Å²) in [6, 6.07) is 2.62. The molecule has 128 valence electrons. The van der Waals surface area contributed by atoms with Crippen LogP contribution < -0.4 is 14.4 Å². The number of amides is 1. The number of carbonyl (C=O) groups excluding carboxylic acids is 1. The van der Waals surface area contributed by atoms with E-state index >= 15 is 0 Å². The van der Waals surface area contributed by atoms with Crippen molar-refractivity contribution in [3.63, 3.8) is 0 Å². The largest absolute Gasteiger partial charge is 0.493 e. The first-order valence-corrected chi connectivity index (χ1v) is 7.25. The second kappa shape index (κ2) is 7.16. The van der Waals surface area contributed by atoms with Crippen LogP contribution in [-0.4, -0.2) is 29.9 Å². The van der Waals surface area contributed by atoms with Gasteiger partial charge in [-0.3, -0.25) is 14.4 Å². The smallest absolute Gasteiger partial charge is 0.250 e. The Morgan fingerprint density at radius 2 is 2.00 bits per heavy atom. The average Bonchev–Trinajstić information content (AvgIpc) is 2.90. The first-order chi connectivity index (χ1) is 11.4. The predicted molar refractivity (Wildman–Crippen MR) is 88.8 cm³/mol. The minimum Gasteiger partial charge on any atom is -0.493 e. The molecule has 0 saturated heterocycles. The van der Waals surface area contributed by atoms with Gasteiger partial charge < -0.3 is 9.47 Å². The van der Waals surface area contributed by atoms with Gasteiger partial charge in [-0.05, 0) is 18.6 Å². The number of anilines is 1. The molecular weight excluding hydrogens is 313 g/mol. The standard InChI is InChI=1S/C17H20FN3O3/c1-6-17(22)21(10-14-11(2)9-19-20(14)3)13-8-16(24-5)15(23-4)7-12(13)18/h6-9H,1,10H2,2-5H3. The molecule has 1 amide bonds. The van der Waals surface area contributed by atoms with Crippen LogP contribution in [0.15, 0.2) is 31.0 Å². The third-order valence-corrected chi connectivity index (χ3v) is 3.76. The van der Waals surface area contributed by atoms with Gasteiger partial charge in [0.2, 0.25) is 0 Å². The van der Waals surface area contributed by atoms with Crippen LogP contribution in [0.5, 0.6) is 11.5 Å². The molecule has 0 N–H and O–H groups in total. The highest BCUT2D eigenvalue weighted by Gasteiger charge is 2.22. The topological polar surface area (TPSA) is 56.6 Å². The Bertz CT molecular complexity index is 751. The fraction of sp³-hybridized carbons (Fsp3) is 0.294. The normalized spacial score (nSPS) is 10.4. The minimum atomic E-state index is -0.595. The number of aryl methyl sites for hydroxylation is 2. The second-order valence-corrected chi connectivity index (χ2v) is 5.18. The minimum absolute atomic E-state index is 0.0816. The summed E-state index contributed by atoms with van der Waals surface area (Å²) in [7, 11) is 4.64. The molecule has 0 fully saturated rings. The molecule has 0 spiro atoms. The molecule has 0 saturated carbocycles. The Morgan fingerprint density at radius 3 is 2.50 bits per heavy atom. The molecule has 0 radical (unpaired) electrons. The lowest BCUT2D eigenvalue weighted by atomic mass is 10.2. The zero-order valence-electron chi connectivity index (χ0n) is 14.2. The van der Waals surface area contributed by atoms with Crippen molar-refractivity contribution in [3.8, 4) is 11.5 Å². The number of halogens is 1. The van der Waals surface area contributed by atoms with E-state index < -0.39 is 11.7 Å². The van der Waals surface area contributed by atoms with Gasteiger partial charge in [0.25, 0.3) is 5.91 Å². The third kappa shape index (κ3) is 3.24. The highest BCUT2D eigenvalue weighted by molar-refractivity contribution is 6.01. The van der Waals surface area contributed by atoms with E-state index in [4.69, 9.17) is 9.47 Å². The fourth-order valence-electron chi connectivity index (χ4n) is 2.39. The molecule has 0 aliphatic heterocycles. The number of rotatable bonds is 6. The van der Waals surface area contributed by atoms with Gasteiger partial charge in [0.1, 0.15) is 0 Å². The molecule has 1 aromatic heterocycles. The molecule has 0 unspecified atom stereocenters. The molecule has 7 heteroatoms. The molecule has 0 atom stereocenters. The number of hydrogen-bond acceptors (Lipinski definition) is 4. The molecule has 0 aliphatic rings. The lowest BCUT2D eigenvalue weighted by Crippen LogP contribution is -2.30. The maximum Gasteiger partial charge on any atom is 0.250 e. The van der Waals surface area contributed by atoms with Gasteiger partial charge in [-0.2, -0.15) is 5.10 Å². The summed E-state index contributed by atoms with van der Waals surface area (Å²) in [6.07, 6.45) is 2.83. The van der Waals surface area contributed by atoms with Crippen LogP contribution in [0.2, 0.25) is 0 Å². The van der Waals surface area contributed by atoms with Crippen molar-refractivity contribution >= 4 is 11.6 Å². The monoisotopic (exact) mass is 333 g/mol. The SMILES string of the molecule is C=CC(=O)N(Cc1c(C)cnn1C)c1cc(OC)c(OC)cc1F. The Labute approximate surface area is 140 Å². The van der Waals surface area contributed by atoms with E-state index in [1.54, 1.807) is 17.9 Å². The zero-order valence-corrected chi connectivity index (χ0v) is 14.2. The number of benzene rings is 1. The fourth-order valence-corrected chi connectivity index (χ4v) is 2.39. The van der Waals surface area contributed by atoms with Crippen molar-refractivity contribution in [2.24, 2.45) is 7.05 Å². The second-order valence-electron chi connectivity index (χ2n) is 5.18. The number of hydrogen-bond donors (Lipinski definition) is 0. The maximum absolute atomic E-state index is 14.5. The summed E-state index contributed by atoms with van der Waals surface area (Å²) in [5.74, 6) is -0.441. The molecular formula is C17H20FN3O3. The van der Waals surface area contributed by atoms with Crippen molar-refractivity contribution in [3.05, 3.63) is 48.1 Å². The van der Waals surface area contributed by atoms with Gasteiger partial charge in [0.05, 0.1) is 38.3 Å². The molecule has 1 aromatic carbocycles. The molecule has 6 nitrogen and oxygen atoms in total. The van der Waals surface area contributed by atoms with Crippen LogP contribution in [0.25, 0.3) is 0 Å². The van der Waals surface area contributed by atoms with Gasteiger partial charge in [0, 0.05) is 19.2 Å². The summed E-state index contributed by atoms with van der Waals surface area (Å²) in [5, 5.41) is 4.15. The van der Waals surface area contributed by atoms with Crippen LogP contribution in [-0.2, 0) is 18.4 Å². The van der Waals surface area contributed by atoms with E-state index in [0.717, 1.165) is 17.3 Å². The van der Waals surface area contributed by atoms with E-state index in [2.05, 4.69) is 11.7 Å². The van der Waals surface area contributed by atoms with Gasteiger partial charge >= 0.3 is 0 Å². The molecule has 2 rings (SSSR count). The Hall–Kier alpha value is -2.83. The van der Waals surface area contributed by atoms with Gasteiger partial charge in [-0.1, -0.05) is 6.58 Å². The van der Waals surface area contributed by atoms with Crippen LogP contribution in [0.1, 0.15) is 11.3 Å². The van der Waals surface area contributed by atoms with Crippen LogP contribution in [0, 0.1) is 12.7 Å². The number of methoxy groups -OCH3 is 2. The van der Waals surface area contributed by atoms with E-state index in [0.29, 0.717) is 5.75 Å². The van der Waals surface area contributed by atoms with Crippen molar-refractivity contribution < 1.29 is 18.7 Å². The lowest BCUT2D eigenvalue weighted by Gasteiger charge is -2.23. The van der Waals surface area contributed by atoms with Crippen molar-refractivity contribution in [1.82, 2.24) is 9.78 Å². The summed E-state index contributed by atoms with van der Waals surface area (Å²) in [6.45, 7) is 5.53. The Morgan fingerprint density at radius 1 is 1.38 bits per heavy atom. The van der Waals surface area contributed by atoms with E-state index in [9.17, 15) is 9.18 Å². The summed E-state index contributed by atoms with van der Waals surface area (Å²) in [4.78, 5) is 13.6. The van der Waals surface area contributed by atoms with Crippen molar-refractivity contribution in [2.75, 3.05) is 19.1 Å². The summed E-state index contributed by atoms with van der Waals surface area (Å²) < 4.78 is 26.5. The predicted octanol–water partition coefficient (Wildman–Crippen LogP) is 2.60. The number of carbonyl (C=O) groups is 1. The summed E-state index contributed by atoms with van der Waals surface area (Å²) in [5.41, 5.74) is 1.78. The zero-order chi connectivity index (χ0) is 17.9. The first kappa shape index (κ1) is 17.5. The van der Waals surface area contributed by atoms with Crippen molar-refractivity contribution in [2.45, 2.75) is 13.5 Å². The molecule has 1 heterocycles. The number of aromatic nitrogens is 2. The maximum atomic E-state index is 14.5. The van der Waals surface area contributed by atoms with Gasteiger partial charge in [-0.25, -0.2) is 4.39 Å². The van der Waals surface area contributed by atoms with Gasteiger partial charge in [0.15, 0.2) is 17.3 Å². The Balaban J connectivity index is 2.53. The first-order valence-electron chi connectivity index (χ1n) is 7.25. The van der Waals surface area contributed by atoms with E-state index in [1.165, 1.54) is 31.3 Å². The number of ether oxygens (including phenoxy) is 2. The van der Waals surface area contributed by atoms with Crippen molar-refractivity contribution in [1.29, 1.82) is 0 Å². The van der Waals surface area contributed by atoms with E-state index in [1.807, 2.05) is 6.92 Å². The molecule has 2 aromatic rings. The molecule has 0 bridgehead atoms. The van der Waals surface area contributed by atoms with Gasteiger partial charge in [-0.15, -0.1) is 0 Å².